The maximum Gasteiger partial charge on any atom is 0.200 e. The quantitative estimate of drug-likeness (QED) is 0.511. The Morgan fingerprint density at radius 1 is 0.963 bits per heavy atom. The Balaban J connectivity index is 1.46. The fraction of sp³-hybridized carbons (Fsp3) is 0.417. The molecule has 0 unspecified atom stereocenters. The first-order valence-electron chi connectivity index (χ1n) is 9.82. The van der Waals surface area contributed by atoms with E-state index in [1.54, 1.807) is 6.07 Å². The molecule has 144 valence electrons. The van der Waals surface area contributed by atoms with Gasteiger partial charge in [0.15, 0.2) is 11.6 Å². The first kappa shape index (κ1) is 19.6. The fourth-order valence-electron chi connectivity index (χ4n) is 3.93. The van der Waals surface area contributed by atoms with Crippen molar-refractivity contribution in [2.24, 2.45) is 5.92 Å². The van der Waals surface area contributed by atoms with E-state index in [0.29, 0.717) is 23.8 Å². The number of hydrogen-bond acceptors (Lipinski definition) is 1. The summed E-state index contributed by atoms with van der Waals surface area (Å²) in [6.45, 7) is 2.12. The molecule has 0 bridgehead atoms. The highest BCUT2D eigenvalue weighted by Gasteiger charge is 2.20. The summed E-state index contributed by atoms with van der Waals surface area (Å²) in [5.41, 5.74) is 3.17. The van der Waals surface area contributed by atoms with Crippen LogP contribution in [0.15, 0.2) is 48.6 Å². The van der Waals surface area contributed by atoms with Crippen molar-refractivity contribution in [3.63, 3.8) is 0 Å². The SMILES string of the molecule is COc1ccc(CC/C=C/C2CCC(c3ccc(C)cc3)CC2)c(F)c1F. The standard InChI is InChI=1S/C24H28F2O/c1-17-7-11-19(12-8-17)20-13-9-18(10-14-20)5-3-4-6-21-15-16-22(27-2)24(26)23(21)25/h3,5,7-8,11-12,15-16,18,20H,4,6,9-10,13-14H2,1-2H3/b5-3+. The number of aryl methyl sites for hydroxylation is 2. The van der Waals surface area contributed by atoms with Crippen LogP contribution in [0, 0.1) is 24.5 Å². The topological polar surface area (TPSA) is 9.23 Å². The summed E-state index contributed by atoms with van der Waals surface area (Å²) in [5.74, 6) is -0.456. The molecule has 0 N–H and O–H groups in total. The first-order valence-corrected chi connectivity index (χ1v) is 9.82. The minimum Gasteiger partial charge on any atom is -0.494 e. The number of methoxy groups -OCH3 is 1. The molecule has 0 spiro atoms. The van der Waals surface area contributed by atoms with Crippen LogP contribution in [0.4, 0.5) is 8.78 Å². The highest BCUT2D eigenvalue weighted by molar-refractivity contribution is 5.31. The van der Waals surface area contributed by atoms with E-state index in [0.717, 1.165) is 6.42 Å². The molecule has 0 radical (unpaired) electrons. The Morgan fingerprint density at radius 3 is 2.33 bits per heavy atom. The van der Waals surface area contributed by atoms with Crippen LogP contribution in [0.1, 0.15) is 54.7 Å². The number of allylic oxidation sites excluding steroid dienone is 2. The van der Waals surface area contributed by atoms with Gasteiger partial charge >= 0.3 is 0 Å². The van der Waals surface area contributed by atoms with Crippen LogP contribution in [-0.2, 0) is 6.42 Å². The lowest BCUT2D eigenvalue weighted by Crippen LogP contribution is -2.11. The van der Waals surface area contributed by atoms with E-state index in [1.165, 1.54) is 50.0 Å². The van der Waals surface area contributed by atoms with E-state index >= 15 is 0 Å². The number of rotatable bonds is 6. The van der Waals surface area contributed by atoms with Gasteiger partial charge in [0.05, 0.1) is 7.11 Å². The molecule has 3 rings (SSSR count). The van der Waals surface area contributed by atoms with Crippen LogP contribution in [0.2, 0.25) is 0 Å². The summed E-state index contributed by atoms with van der Waals surface area (Å²) in [6, 6.07) is 12.0. The van der Waals surface area contributed by atoms with Crippen LogP contribution < -0.4 is 4.74 Å². The van der Waals surface area contributed by atoms with Crippen molar-refractivity contribution in [3.05, 3.63) is 76.9 Å². The van der Waals surface area contributed by atoms with Crippen LogP contribution in [-0.4, -0.2) is 7.11 Å². The molecular weight excluding hydrogens is 342 g/mol. The fourth-order valence-corrected chi connectivity index (χ4v) is 3.93. The Bertz CT molecular complexity index is 772. The summed E-state index contributed by atoms with van der Waals surface area (Å²) in [5, 5.41) is 0. The van der Waals surface area contributed by atoms with Crippen molar-refractivity contribution < 1.29 is 13.5 Å². The summed E-state index contributed by atoms with van der Waals surface area (Å²) in [6.07, 6.45) is 10.4. The second-order valence-electron chi connectivity index (χ2n) is 7.54. The molecule has 27 heavy (non-hydrogen) atoms. The summed E-state index contributed by atoms with van der Waals surface area (Å²) in [4.78, 5) is 0. The lowest BCUT2D eigenvalue weighted by Gasteiger charge is -2.27. The van der Waals surface area contributed by atoms with Gasteiger partial charge in [-0.25, -0.2) is 4.39 Å². The van der Waals surface area contributed by atoms with Gasteiger partial charge in [0.2, 0.25) is 5.82 Å². The van der Waals surface area contributed by atoms with Crippen LogP contribution >= 0.6 is 0 Å². The third-order valence-corrected chi connectivity index (χ3v) is 5.66. The minimum atomic E-state index is -0.895. The summed E-state index contributed by atoms with van der Waals surface area (Å²) >= 11 is 0. The molecule has 1 saturated carbocycles. The van der Waals surface area contributed by atoms with Gasteiger partial charge < -0.3 is 4.74 Å². The molecule has 0 amide bonds. The van der Waals surface area contributed by atoms with Gasteiger partial charge in [-0.05, 0) is 74.5 Å². The summed E-state index contributed by atoms with van der Waals surface area (Å²) < 4.78 is 32.5. The Morgan fingerprint density at radius 2 is 1.67 bits per heavy atom. The molecule has 0 aromatic heterocycles. The molecule has 2 aromatic rings. The van der Waals surface area contributed by atoms with E-state index < -0.39 is 11.6 Å². The van der Waals surface area contributed by atoms with E-state index in [9.17, 15) is 8.78 Å². The lowest BCUT2D eigenvalue weighted by molar-refractivity contribution is 0.370. The van der Waals surface area contributed by atoms with Gasteiger partial charge in [-0.3, -0.25) is 0 Å². The highest BCUT2D eigenvalue weighted by atomic mass is 19.2. The van der Waals surface area contributed by atoms with E-state index in [4.69, 9.17) is 4.74 Å². The van der Waals surface area contributed by atoms with Crippen molar-refractivity contribution in [2.75, 3.05) is 7.11 Å². The van der Waals surface area contributed by atoms with Crippen LogP contribution in [0.25, 0.3) is 0 Å². The van der Waals surface area contributed by atoms with Crippen LogP contribution in [0.3, 0.4) is 0 Å². The Kier molecular flexibility index (Phi) is 6.65. The smallest absolute Gasteiger partial charge is 0.200 e. The van der Waals surface area contributed by atoms with Crippen LogP contribution in [0.5, 0.6) is 5.75 Å². The zero-order chi connectivity index (χ0) is 19.2. The third-order valence-electron chi connectivity index (χ3n) is 5.66. The first-order chi connectivity index (χ1) is 13.1. The predicted molar refractivity (Wildman–Crippen MR) is 106 cm³/mol. The maximum absolute atomic E-state index is 14.0. The monoisotopic (exact) mass is 370 g/mol. The average molecular weight is 370 g/mol. The molecule has 2 aromatic carbocycles. The normalized spacial score (nSPS) is 20.1. The number of halogens is 2. The highest BCUT2D eigenvalue weighted by Crippen LogP contribution is 2.36. The van der Waals surface area contributed by atoms with Crippen molar-refractivity contribution in [3.8, 4) is 5.75 Å². The van der Waals surface area contributed by atoms with Gasteiger partial charge in [0.1, 0.15) is 0 Å². The van der Waals surface area contributed by atoms with E-state index in [1.807, 2.05) is 0 Å². The molecule has 1 nitrogen and oxygen atoms in total. The molecule has 1 aliphatic carbocycles. The van der Waals surface area contributed by atoms with Gasteiger partial charge in [-0.2, -0.15) is 4.39 Å². The van der Waals surface area contributed by atoms with E-state index in [-0.39, 0.29) is 5.75 Å². The largest absolute Gasteiger partial charge is 0.494 e. The molecule has 0 atom stereocenters. The molecular formula is C24H28F2O. The lowest BCUT2D eigenvalue weighted by atomic mass is 9.78. The van der Waals surface area contributed by atoms with Gasteiger partial charge in [0, 0.05) is 0 Å². The predicted octanol–water partition coefficient (Wildman–Crippen LogP) is 6.74. The molecule has 1 aliphatic rings. The number of ether oxygens (including phenoxy) is 1. The van der Waals surface area contributed by atoms with Crippen molar-refractivity contribution in [2.45, 2.75) is 51.4 Å². The molecule has 0 heterocycles. The van der Waals surface area contributed by atoms with Crippen molar-refractivity contribution in [1.29, 1.82) is 0 Å². The maximum atomic E-state index is 14.0. The Labute approximate surface area is 161 Å². The third kappa shape index (κ3) is 4.97. The van der Waals surface area contributed by atoms with Crippen molar-refractivity contribution >= 4 is 0 Å². The van der Waals surface area contributed by atoms with E-state index in [2.05, 4.69) is 43.3 Å². The van der Waals surface area contributed by atoms with Gasteiger partial charge in [-0.15, -0.1) is 0 Å². The van der Waals surface area contributed by atoms with Crippen molar-refractivity contribution in [1.82, 2.24) is 0 Å². The molecule has 0 saturated heterocycles. The van der Waals surface area contributed by atoms with Gasteiger partial charge in [-0.1, -0.05) is 48.0 Å². The minimum absolute atomic E-state index is 0.0443. The summed E-state index contributed by atoms with van der Waals surface area (Å²) in [7, 11) is 1.34. The van der Waals surface area contributed by atoms with Gasteiger partial charge in [0.25, 0.3) is 0 Å². The average Bonchev–Trinajstić information content (AvgIpc) is 2.69. The molecule has 3 heteroatoms. The second-order valence-corrected chi connectivity index (χ2v) is 7.54. The zero-order valence-corrected chi connectivity index (χ0v) is 16.2. The second kappa shape index (κ2) is 9.16. The Hall–Kier alpha value is -2.16. The number of benzene rings is 2. The zero-order valence-electron chi connectivity index (χ0n) is 16.2. The number of hydrogen-bond donors (Lipinski definition) is 0. The molecule has 0 aliphatic heterocycles. The molecule has 1 fully saturated rings.